The number of anilines is 1. The standard InChI is InChI=1S/C24H24N2O4/c1-17-10-12-20(13-11-17)25-22(27)15-26(2)23(28)16-30-24(29)14-19-8-5-7-18-6-3-4-9-21(18)19/h3-13H,14-16H2,1-2H3,(H,25,27). The molecule has 6 nitrogen and oxygen atoms in total. The van der Waals surface area contributed by atoms with Crippen LogP contribution in [0.1, 0.15) is 11.1 Å². The quantitative estimate of drug-likeness (QED) is 0.613. The Morgan fingerprint density at radius 1 is 0.933 bits per heavy atom. The van der Waals surface area contributed by atoms with Gasteiger partial charge in [0.25, 0.3) is 5.91 Å². The number of ether oxygens (including phenoxy) is 1. The molecule has 0 fully saturated rings. The number of rotatable bonds is 7. The topological polar surface area (TPSA) is 75.7 Å². The van der Waals surface area contributed by atoms with Crippen LogP contribution < -0.4 is 5.32 Å². The van der Waals surface area contributed by atoms with Crippen LogP contribution in [0.4, 0.5) is 5.69 Å². The lowest BCUT2D eigenvalue weighted by molar-refractivity contribution is -0.151. The lowest BCUT2D eigenvalue weighted by Gasteiger charge is -2.17. The van der Waals surface area contributed by atoms with Gasteiger partial charge in [0.1, 0.15) is 0 Å². The fraction of sp³-hybridized carbons (Fsp3) is 0.208. The summed E-state index contributed by atoms with van der Waals surface area (Å²) in [5, 5.41) is 4.75. The number of benzene rings is 3. The summed E-state index contributed by atoms with van der Waals surface area (Å²) in [6, 6.07) is 20.9. The van der Waals surface area contributed by atoms with Gasteiger partial charge in [-0.2, -0.15) is 0 Å². The zero-order chi connectivity index (χ0) is 21.5. The molecular formula is C24H24N2O4. The molecule has 0 spiro atoms. The van der Waals surface area contributed by atoms with Gasteiger partial charge in [-0.3, -0.25) is 14.4 Å². The van der Waals surface area contributed by atoms with Crippen LogP contribution in [0.2, 0.25) is 0 Å². The number of carbonyl (C=O) groups is 3. The number of amides is 2. The molecule has 30 heavy (non-hydrogen) atoms. The molecule has 3 rings (SSSR count). The van der Waals surface area contributed by atoms with Crippen molar-refractivity contribution >= 4 is 34.2 Å². The third kappa shape index (κ3) is 5.67. The zero-order valence-corrected chi connectivity index (χ0v) is 17.1. The summed E-state index contributed by atoms with van der Waals surface area (Å²) in [6.07, 6.45) is 0.0757. The predicted octanol–water partition coefficient (Wildman–Crippen LogP) is 3.33. The molecule has 6 heteroatoms. The minimum Gasteiger partial charge on any atom is -0.455 e. The first-order valence-corrected chi connectivity index (χ1v) is 9.65. The van der Waals surface area contributed by atoms with Crippen LogP contribution in [0.3, 0.4) is 0 Å². The molecule has 0 radical (unpaired) electrons. The van der Waals surface area contributed by atoms with E-state index in [0.717, 1.165) is 21.9 Å². The van der Waals surface area contributed by atoms with E-state index in [2.05, 4.69) is 5.32 Å². The van der Waals surface area contributed by atoms with Gasteiger partial charge in [0.2, 0.25) is 5.91 Å². The first kappa shape index (κ1) is 21.0. The van der Waals surface area contributed by atoms with Crippen LogP contribution >= 0.6 is 0 Å². The molecular weight excluding hydrogens is 380 g/mol. The molecule has 1 N–H and O–H groups in total. The Balaban J connectivity index is 1.47. The number of aryl methyl sites for hydroxylation is 1. The molecule has 154 valence electrons. The fourth-order valence-corrected chi connectivity index (χ4v) is 3.05. The van der Waals surface area contributed by atoms with E-state index in [1.807, 2.05) is 61.5 Å². The molecule has 0 aromatic heterocycles. The van der Waals surface area contributed by atoms with Gasteiger partial charge in [0, 0.05) is 12.7 Å². The van der Waals surface area contributed by atoms with Crippen molar-refractivity contribution in [2.75, 3.05) is 25.5 Å². The van der Waals surface area contributed by atoms with Crippen molar-refractivity contribution in [3.8, 4) is 0 Å². The zero-order valence-electron chi connectivity index (χ0n) is 17.1. The van der Waals surface area contributed by atoms with Crippen LogP contribution in [0.25, 0.3) is 10.8 Å². The minimum absolute atomic E-state index is 0.0757. The molecule has 0 heterocycles. The maximum atomic E-state index is 12.2. The highest BCUT2D eigenvalue weighted by Crippen LogP contribution is 2.19. The number of hydrogen-bond donors (Lipinski definition) is 1. The molecule has 0 unspecified atom stereocenters. The van der Waals surface area contributed by atoms with Gasteiger partial charge in [-0.25, -0.2) is 0 Å². The highest BCUT2D eigenvalue weighted by molar-refractivity contribution is 5.95. The van der Waals surface area contributed by atoms with Gasteiger partial charge in [0.15, 0.2) is 6.61 Å². The lowest BCUT2D eigenvalue weighted by Crippen LogP contribution is -2.37. The van der Waals surface area contributed by atoms with Crippen LogP contribution in [-0.2, 0) is 25.5 Å². The first-order valence-electron chi connectivity index (χ1n) is 9.65. The molecule has 0 aliphatic rings. The highest BCUT2D eigenvalue weighted by atomic mass is 16.5. The van der Waals surface area contributed by atoms with Crippen LogP contribution in [0, 0.1) is 6.92 Å². The van der Waals surface area contributed by atoms with E-state index in [1.54, 1.807) is 12.1 Å². The van der Waals surface area contributed by atoms with Crippen molar-refractivity contribution in [1.29, 1.82) is 0 Å². The molecule has 0 saturated carbocycles. The van der Waals surface area contributed by atoms with Crippen molar-refractivity contribution < 1.29 is 19.1 Å². The van der Waals surface area contributed by atoms with Crippen LogP contribution in [0.15, 0.2) is 66.7 Å². The fourth-order valence-electron chi connectivity index (χ4n) is 3.05. The Hall–Kier alpha value is -3.67. The summed E-state index contributed by atoms with van der Waals surface area (Å²) in [5.41, 5.74) is 2.59. The van der Waals surface area contributed by atoms with E-state index in [4.69, 9.17) is 4.74 Å². The maximum absolute atomic E-state index is 12.2. The normalized spacial score (nSPS) is 10.5. The van der Waals surface area contributed by atoms with Gasteiger partial charge >= 0.3 is 5.97 Å². The largest absolute Gasteiger partial charge is 0.455 e. The van der Waals surface area contributed by atoms with E-state index in [0.29, 0.717) is 5.69 Å². The SMILES string of the molecule is Cc1ccc(NC(=O)CN(C)C(=O)COC(=O)Cc2cccc3ccccc23)cc1. The lowest BCUT2D eigenvalue weighted by atomic mass is 10.0. The van der Waals surface area contributed by atoms with Crippen molar-refractivity contribution in [2.24, 2.45) is 0 Å². The monoisotopic (exact) mass is 404 g/mol. The van der Waals surface area contributed by atoms with Crippen LogP contribution in [0.5, 0.6) is 0 Å². The van der Waals surface area contributed by atoms with Crippen molar-refractivity contribution in [3.63, 3.8) is 0 Å². The van der Waals surface area contributed by atoms with Gasteiger partial charge in [-0.05, 0) is 35.4 Å². The number of nitrogens with zero attached hydrogens (tertiary/aromatic N) is 1. The van der Waals surface area contributed by atoms with Gasteiger partial charge in [-0.15, -0.1) is 0 Å². The van der Waals surface area contributed by atoms with Crippen molar-refractivity contribution in [3.05, 3.63) is 77.9 Å². The summed E-state index contributed by atoms with van der Waals surface area (Å²) in [7, 11) is 1.50. The summed E-state index contributed by atoms with van der Waals surface area (Å²) >= 11 is 0. The molecule has 0 saturated heterocycles. The molecule has 3 aromatic carbocycles. The Labute approximate surface area is 175 Å². The summed E-state index contributed by atoms with van der Waals surface area (Å²) in [5.74, 6) is -1.26. The summed E-state index contributed by atoms with van der Waals surface area (Å²) < 4.78 is 5.13. The smallest absolute Gasteiger partial charge is 0.310 e. The molecule has 0 bridgehead atoms. The average Bonchev–Trinajstić information content (AvgIpc) is 2.74. The Kier molecular flexibility index (Phi) is 6.80. The second kappa shape index (κ2) is 9.69. The predicted molar refractivity (Wildman–Crippen MR) is 116 cm³/mol. The number of esters is 1. The Bertz CT molecular complexity index is 1050. The minimum atomic E-state index is -0.489. The van der Waals surface area contributed by atoms with Gasteiger partial charge in [-0.1, -0.05) is 60.2 Å². The average molecular weight is 404 g/mol. The van der Waals surface area contributed by atoms with E-state index >= 15 is 0 Å². The third-order valence-corrected chi connectivity index (χ3v) is 4.71. The number of likely N-dealkylation sites (N-methyl/N-ethyl adjacent to an activating group) is 1. The molecule has 2 amide bonds. The first-order chi connectivity index (χ1) is 14.4. The third-order valence-electron chi connectivity index (χ3n) is 4.71. The maximum Gasteiger partial charge on any atom is 0.310 e. The van der Waals surface area contributed by atoms with Crippen molar-refractivity contribution in [2.45, 2.75) is 13.3 Å². The molecule has 0 aliphatic heterocycles. The number of nitrogens with one attached hydrogen (secondary N) is 1. The van der Waals surface area contributed by atoms with Gasteiger partial charge in [0.05, 0.1) is 13.0 Å². The molecule has 0 atom stereocenters. The Morgan fingerprint density at radius 2 is 1.63 bits per heavy atom. The van der Waals surface area contributed by atoms with E-state index in [1.165, 1.54) is 11.9 Å². The van der Waals surface area contributed by atoms with E-state index in [-0.39, 0.29) is 18.9 Å². The number of hydrogen-bond acceptors (Lipinski definition) is 4. The van der Waals surface area contributed by atoms with Crippen molar-refractivity contribution in [1.82, 2.24) is 4.90 Å². The van der Waals surface area contributed by atoms with E-state index in [9.17, 15) is 14.4 Å². The van der Waals surface area contributed by atoms with Crippen LogP contribution in [-0.4, -0.2) is 42.9 Å². The second-order valence-corrected chi connectivity index (χ2v) is 7.14. The summed E-state index contributed by atoms with van der Waals surface area (Å²) in [4.78, 5) is 37.7. The number of carbonyl (C=O) groups excluding carboxylic acids is 3. The highest BCUT2D eigenvalue weighted by Gasteiger charge is 2.16. The molecule has 0 aliphatic carbocycles. The van der Waals surface area contributed by atoms with E-state index < -0.39 is 18.5 Å². The van der Waals surface area contributed by atoms with Gasteiger partial charge < -0.3 is 15.0 Å². The second-order valence-electron chi connectivity index (χ2n) is 7.14. The number of fused-ring (bicyclic) bond motifs is 1. The molecule has 3 aromatic rings. The summed E-state index contributed by atoms with van der Waals surface area (Å²) in [6.45, 7) is 1.42. The Morgan fingerprint density at radius 3 is 2.40 bits per heavy atom.